The van der Waals surface area contributed by atoms with Gasteiger partial charge < -0.3 is 0 Å². The van der Waals surface area contributed by atoms with E-state index in [1.54, 1.807) is 4.68 Å². The fourth-order valence-corrected chi connectivity index (χ4v) is 3.09. The molecule has 0 fully saturated rings. The highest BCUT2D eigenvalue weighted by atomic mass is 32.2. The highest BCUT2D eigenvalue weighted by molar-refractivity contribution is 7.99. The molecule has 0 radical (unpaired) electrons. The number of fused-ring (bicyclic) bond motifs is 3. The highest BCUT2D eigenvalue weighted by Gasteiger charge is 2.17. The number of benzene rings is 1. The SMILES string of the molecule is Cc1ccc2cc3c(nc2c1)Sc1nnc(C)n1N=C3. The van der Waals surface area contributed by atoms with Crippen LogP contribution in [0.5, 0.6) is 0 Å². The van der Waals surface area contributed by atoms with E-state index < -0.39 is 0 Å². The minimum absolute atomic E-state index is 0.747. The molecule has 5 nitrogen and oxygen atoms in total. The standard InChI is InChI=1S/C14H11N5S/c1-8-3-4-10-6-11-7-15-19-9(2)17-18-14(19)20-13(11)16-12(10)5-8/h3-7H,1-2H3. The topological polar surface area (TPSA) is 56.0 Å². The molecule has 2 aromatic heterocycles. The lowest BCUT2D eigenvalue weighted by Crippen LogP contribution is -1.92. The van der Waals surface area contributed by atoms with E-state index in [9.17, 15) is 0 Å². The molecule has 0 spiro atoms. The molecule has 0 N–H and O–H groups in total. The van der Waals surface area contributed by atoms with Crippen LogP contribution in [0.25, 0.3) is 10.9 Å². The van der Waals surface area contributed by atoms with Crippen LogP contribution in [0.15, 0.2) is 39.5 Å². The van der Waals surface area contributed by atoms with E-state index in [0.717, 1.165) is 32.5 Å². The van der Waals surface area contributed by atoms with Gasteiger partial charge in [-0.25, -0.2) is 4.98 Å². The Bertz CT molecular complexity index is 865. The van der Waals surface area contributed by atoms with Gasteiger partial charge in [0.2, 0.25) is 5.16 Å². The summed E-state index contributed by atoms with van der Waals surface area (Å²) in [6.45, 7) is 3.96. The first-order valence-electron chi connectivity index (χ1n) is 6.26. The summed E-state index contributed by atoms with van der Waals surface area (Å²) in [4.78, 5) is 4.74. The number of nitrogens with zero attached hydrogens (tertiary/aromatic N) is 5. The van der Waals surface area contributed by atoms with Gasteiger partial charge in [-0.1, -0.05) is 12.1 Å². The van der Waals surface area contributed by atoms with Crippen LogP contribution in [-0.4, -0.2) is 26.1 Å². The van der Waals surface area contributed by atoms with Crippen molar-refractivity contribution in [2.24, 2.45) is 5.10 Å². The van der Waals surface area contributed by atoms with Gasteiger partial charge in [0, 0.05) is 10.9 Å². The van der Waals surface area contributed by atoms with Gasteiger partial charge in [-0.2, -0.15) is 9.78 Å². The Balaban J connectivity index is 1.95. The average molecular weight is 281 g/mol. The summed E-state index contributed by atoms with van der Waals surface area (Å²) in [5.74, 6) is 0.775. The Labute approximate surface area is 119 Å². The van der Waals surface area contributed by atoms with Crippen molar-refractivity contribution in [3.05, 3.63) is 41.2 Å². The summed E-state index contributed by atoms with van der Waals surface area (Å²) >= 11 is 1.50. The lowest BCUT2D eigenvalue weighted by molar-refractivity contribution is 0.746. The van der Waals surface area contributed by atoms with Crippen LogP contribution in [0.4, 0.5) is 0 Å². The van der Waals surface area contributed by atoms with Gasteiger partial charge >= 0.3 is 0 Å². The number of pyridine rings is 1. The number of hydrogen-bond donors (Lipinski definition) is 0. The van der Waals surface area contributed by atoms with Crippen molar-refractivity contribution >= 4 is 28.9 Å². The van der Waals surface area contributed by atoms with Gasteiger partial charge in [-0.05, 0) is 43.3 Å². The van der Waals surface area contributed by atoms with Crippen LogP contribution >= 0.6 is 11.8 Å². The Morgan fingerprint density at radius 1 is 1.10 bits per heavy atom. The van der Waals surface area contributed by atoms with E-state index in [1.165, 1.54) is 17.3 Å². The largest absolute Gasteiger partial charge is 0.240 e. The monoisotopic (exact) mass is 281 g/mol. The second-order valence-electron chi connectivity index (χ2n) is 4.77. The van der Waals surface area contributed by atoms with E-state index in [2.05, 4.69) is 46.5 Å². The molecule has 98 valence electrons. The van der Waals surface area contributed by atoms with Gasteiger partial charge in [0.15, 0.2) is 5.82 Å². The van der Waals surface area contributed by atoms with Crippen LogP contribution in [0, 0.1) is 13.8 Å². The molecule has 0 amide bonds. The predicted molar refractivity (Wildman–Crippen MR) is 78.4 cm³/mol. The molecule has 0 unspecified atom stereocenters. The second kappa shape index (κ2) is 4.14. The van der Waals surface area contributed by atoms with E-state index in [0.29, 0.717) is 0 Å². The minimum Gasteiger partial charge on any atom is -0.240 e. The zero-order valence-corrected chi connectivity index (χ0v) is 11.8. The molecule has 0 atom stereocenters. The van der Waals surface area contributed by atoms with Gasteiger partial charge in [-0.3, -0.25) is 0 Å². The van der Waals surface area contributed by atoms with Gasteiger partial charge in [0.05, 0.1) is 11.7 Å². The Kier molecular flexibility index (Phi) is 2.40. The fourth-order valence-electron chi connectivity index (χ4n) is 2.19. The lowest BCUT2D eigenvalue weighted by atomic mass is 10.1. The number of rotatable bonds is 0. The van der Waals surface area contributed by atoms with E-state index in [4.69, 9.17) is 4.98 Å². The maximum atomic E-state index is 4.74. The molecule has 6 heteroatoms. The molecule has 0 saturated carbocycles. The Hall–Kier alpha value is -2.21. The molecule has 1 aliphatic rings. The molecule has 3 heterocycles. The molecule has 0 saturated heterocycles. The second-order valence-corrected chi connectivity index (χ2v) is 5.72. The summed E-state index contributed by atoms with van der Waals surface area (Å²) < 4.78 is 1.74. The summed E-state index contributed by atoms with van der Waals surface area (Å²) in [5.41, 5.74) is 3.21. The highest BCUT2D eigenvalue weighted by Crippen LogP contribution is 2.31. The third-order valence-electron chi connectivity index (χ3n) is 3.23. The molecular weight excluding hydrogens is 270 g/mol. The Morgan fingerprint density at radius 3 is 2.90 bits per heavy atom. The molecule has 4 rings (SSSR count). The van der Waals surface area contributed by atoms with E-state index in [1.807, 2.05) is 13.1 Å². The van der Waals surface area contributed by atoms with Crippen molar-refractivity contribution in [1.82, 2.24) is 19.9 Å². The quantitative estimate of drug-likeness (QED) is 0.497. The third-order valence-corrected chi connectivity index (χ3v) is 4.19. The summed E-state index contributed by atoms with van der Waals surface area (Å²) in [6.07, 6.45) is 1.82. The summed E-state index contributed by atoms with van der Waals surface area (Å²) in [6, 6.07) is 8.39. The molecule has 0 aliphatic carbocycles. The van der Waals surface area contributed by atoms with Gasteiger partial charge in [0.1, 0.15) is 5.03 Å². The number of aromatic nitrogens is 4. The zero-order chi connectivity index (χ0) is 13.7. The minimum atomic E-state index is 0.747. The molecule has 0 bridgehead atoms. The van der Waals surface area contributed by atoms with Crippen LogP contribution in [0.1, 0.15) is 17.0 Å². The normalized spacial score (nSPS) is 13.1. The first-order valence-corrected chi connectivity index (χ1v) is 7.08. The lowest BCUT2D eigenvalue weighted by Gasteiger charge is -2.04. The fraction of sp³-hybridized carbons (Fsp3) is 0.143. The smallest absolute Gasteiger partial charge is 0.218 e. The number of aryl methyl sites for hydroxylation is 2. The van der Waals surface area contributed by atoms with Crippen LogP contribution in [0.3, 0.4) is 0 Å². The average Bonchev–Trinajstić information content (AvgIpc) is 2.68. The van der Waals surface area contributed by atoms with Crippen molar-refractivity contribution in [2.75, 3.05) is 0 Å². The van der Waals surface area contributed by atoms with Gasteiger partial charge in [-0.15, -0.1) is 10.2 Å². The van der Waals surface area contributed by atoms with Crippen LogP contribution < -0.4 is 0 Å². The molecule has 1 aromatic carbocycles. The van der Waals surface area contributed by atoms with Gasteiger partial charge in [0.25, 0.3) is 0 Å². The van der Waals surface area contributed by atoms with Crippen molar-refractivity contribution in [1.29, 1.82) is 0 Å². The maximum Gasteiger partial charge on any atom is 0.218 e. The molecular formula is C14H11N5S. The van der Waals surface area contributed by atoms with Crippen LogP contribution in [-0.2, 0) is 0 Å². The maximum absolute atomic E-state index is 4.74. The molecule has 20 heavy (non-hydrogen) atoms. The first kappa shape index (κ1) is 11.6. The molecule has 1 aliphatic heterocycles. The molecule has 3 aromatic rings. The number of hydrogen-bond acceptors (Lipinski definition) is 5. The van der Waals surface area contributed by atoms with E-state index in [-0.39, 0.29) is 0 Å². The first-order chi connectivity index (χ1) is 9.70. The third kappa shape index (κ3) is 1.72. The van der Waals surface area contributed by atoms with Crippen molar-refractivity contribution < 1.29 is 0 Å². The van der Waals surface area contributed by atoms with E-state index >= 15 is 0 Å². The zero-order valence-electron chi connectivity index (χ0n) is 11.0. The summed E-state index contributed by atoms with van der Waals surface area (Å²) in [7, 11) is 0. The van der Waals surface area contributed by atoms with Crippen molar-refractivity contribution in [3.63, 3.8) is 0 Å². The van der Waals surface area contributed by atoms with Crippen molar-refractivity contribution in [3.8, 4) is 0 Å². The summed E-state index contributed by atoms with van der Waals surface area (Å²) in [5, 5.41) is 15.4. The predicted octanol–water partition coefficient (Wildman–Crippen LogP) is 2.79. The Morgan fingerprint density at radius 2 is 2.00 bits per heavy atom. The van der Waals surface area contributed by atoms with Crippen molar-refractivity contribution in [2.45, 2.75) is 24.0 Å². The van der Waals surface area contributed by atoms with Crippen LogP contribution in [0.2, 0.25) is 0 Å².